The highest BCUT2D eigenvalue weighted by molar-refractivity contribution is 7.98. The molecule has 0 unspecified atom stereocenters. The first-order valence-corrected chi connectivity index (χ1v) is 9.80. The first-order valence-electron chi connectivity index (χ1n) is 7.56. The number of hydrogen-bond donors (Lipinski definition) is 1. The molecule has 0 aliphatic carbocycles. The lowest BCUT2D eigenvalue weighted by atomic mass is 10.2. The predicted molar refractivity (Wildman–Crippen MR) is 104 cm³/mol. The first-order chi connectivity index (χ1) is 12.7. The monoisotopic (exact) mass is 401 g/mol. The Morgan fingerprint density at radius 1 is 1.15 bits per heavy atom. The average molecular weight is 402 g/mol. The topological polar surface area (TPSA) is 90.7 Å². The van der Waals surface area contributed by atoms with Crippen LogP contribution in [-0.4, -0.2) is 19.9 Å². The molecule has 0 spiro atoms. The van der Waals surface area contributed by atoms with E-state index < -0.39 is 0 Å². The van der Waals surface area contributed by atoms with Gasteiger partial charge in [-0.2, -0.15) is 9.97 Å². The van der Waals surface area contributed by atoms with Crippen molar-refractivity contribution < 1.29 is 4.42 Å². The summed E-state index contributed by atoms with van der Waals surface area (Å²) in [6, 6.07) is 11.3. The number of hydrogen-bond acceptors (Lipinski definition) is 8. The quantitative estimate of drug-likeness (QED) is 0.481. The van der Waals surface area contributed by atoms with E-state index in [0.717, 1.165) is 10.4 Å². The molecule has 3 heterocycles. The van der Waals surface area contributed by atoms with Gasteiger partial charge in [0.05, 0.1) is 16.8 Å². The van der Waals surface area contributed by atoms with Crippen LogP contribution in [0.1, 0.15) is 5.89 Å². The molecule has 0 fully saturated rings. The van der Waals surface area contributed by atoms with Crippen LogP contribution in [0.2, 0.25) is 5.02 Å². The Labute approximate surface area is 162 Å². The number of thioether (sulfide) groups is 1. The van der Waals surface area contributed by atoms with E-state index in [1.54, 1.807) is 17.5 Å². The molecule has 26 heavy (non-hydrogen) atoms. The molecule has 0 saturated carbocycles. The highest BCUT2D eigenvalue weighted by Gasteiger charge is 2.11. The highest BCUT2D eigenvalue weighted by atomic mass is 35.5. The maximum Gasteiger partial charge on any atom is 0.224 e. The van der Waals surface area contributed by atoms with Crippen LogP contribution in [0.4, 0.5) is 5.95 Å². The van der Waals surface area contributed by atoms with E-state index in [9.17, 15) is 0 Å². The van der Waals surface area contributed by atoms with Crippen LogP contribution in [-0.2, 0) is 5.75 Å². The van der Waals surface area contributed by atoms with Crippen LogP contribution in [0.5, 0.6) is 0 Å². The normalized spacial score (nSPS) is 11.0. The number of benzene rings is 1. The van der Waals surface area contributed by atoms with E-state index in [4.69, 9.17) is 21.8 Å². The van der Waals surface area contributed by atoms with E-state index in [1.165, 1.54) is 11.8 Å². The molecule has 0 aliphatic heterocycles. The van der Waals surface area contributed by atoms with Crippen LogP contribution in [0.25, 0.3) is 22.0 Å². The Kier molecular flexibility index (Phi) is 4.87. The van der Waals surface area contributed by atoms with E-state index in [1.807, 2.05) is 41.8 Å². The number of aromatic nitrogens is 4. The van der Waals surface area contributed by atoms with Crippen molar-refractivity contribution in [3.05, 3.63) is 58.9 Å². The molecule has 0 atom stereocenters. The molecule has 130 valence electrons. The summed E-state index contributed by atoms with van der Waals surface area (Å²) in [7, 11) is 0. The Bertz CT molecular complexity index is 1040. The smallest absolute Gasteiger partial charge is 0.224 e. The molecule has 0 amide bonds. The lowest BCUT2D eigenvalue weighted by molar-refractivity contribution is 0.530. The largest absolute Gasteiger partial charge is 0.440 e. The summed E-state index contributed by atoms with van der Waals surface area (Å²) in [4.78, 5) is 18.1. The summed E-state index contributed by atoms with van der Waals surface area (Å²) in [6.45, 7) is 0. The van der Waals surface area contributed by atoms with E-state index >= 15 is 0 Å². The second-order valence-electron chi connectivity index (χ2n) is 5.19. The highest BCUT2D eigenvalue weighted by Crippen LogP contribution is 2.28. The van der Waals surface area contributed by atoms with Gasteiger partial charge in [0.15, 0.2) is 16.7 Å². The zero-order valence-corrected chi connectivity index (χ0v) is 15.7. The van der Waals surface area contributed by atoms with Gasteiger partial charge >= 0.3 is 0 Å². The van der Waals surface area contributed by atoms with Gasteiger partial charge < -0.3 is 10.2 Å². The fraction of sp³-hybridized carbons (Fsp3) is 0.0588. The third-order valence-corrected chi connectivity index (χ3v) is 5.29. The Morgan fingerprint density at radius 2 is 2.08 bits per heavy atom. The minimum Gasteiger partial charge on any atom is -0.440 e. The SMILES string of the molecule is Nc1nc(SCc2ncc(-c3cccc(Cl)c3)o2)nc(-c2cccs2)n1. The minimum absolute atomic E-state index is 0.193. The fourth-order valence-electron chi connectivity index (χ4n) is 2.23. The van der Waals surface area contributed by atoms with Gasteiger partial charge in [-0.1, -0.05) is 41.6 Å². The third-order valence-electron chi connectivity index (χ3n) is 3.36. The molecule has 9 heteroatoms. The molecule has 2 N–H and O–H groups in total. The Morgan fingerprint density at radius 3 is 2.88 bits per heavy atom. The van der Waals surface area contributed by atoms with E-state index in [0.29, 0.717) is 33.4 Å². The first kappa shape index (κ1) is 17.0. The molecular weight excluding hydrogens is 390 g/mol. The van der Waals surface area contributed by atoms with Crippen molar-refractivity contribution in [1.29, 1.82) is 0 Å². The van der Waals surface area contributed by atoms with Crippen molar-refractivity contribution in [2.24, 2.45) is 0 Å². The molecule has 3 aromatic heterocycles. The zero-order chi connectivity index (χ0) is 17.9. The molecule has 4 rings (SSSR count). The van der Waals surface area contributed by atoms with Gasteiger partial charge in [-0.3, -0.25) is 0 Å². The predicted octanol–water partition coefficient (Wildman–Crippen LogP) is 4.78. The summed E-state index contributed by atoms with van der Waals surface area (Å²) in [5, 5.41) is 3.15. The molecular formula is C17H12ClN5OS2. The molecule has 0 saturated heterocycles. The van der Waals surface area contributed by atoms with Crippen molar-refractivity contribution in [1.82, 2.24) is 19.9 Å². The van der Waals surface area contributed by atoms with Gasteiger partial charge in [-0.25, -0.2) is 9.97 Å². The van der Waals surface area contributed by atoms with Crippen LogP contribution in [0.15, 0.2) is 57.5 Å². The number of rotatable bonds is 5. The van der Waals surface area contributed by atoms with Crippen LogP contribution >= 0.6 is 34.7 Å². The number of anilines is 1. The van der Waals surface area contributed by atoms with E-state index in [2.05, 4.69) is 19.9 Å². The summed E-state index contributed by atoms with van der Waals surface area (Å²) >= 11 is 8.96. The number of oxazole rings is 1. The van der Waals surface area contributed by atoms with Crippen LogP contribution in [0.3, 0.4) is 0 Å². The Hall–Kier alpha value is -2.42. The van der Waals surface area contributed by atoms with Gasteiger partial charge in [-0.05, 0) is 23.6 Å². The maximum absolute atomic E-state index is 6.02. The van der Waals surface area contributed by atoms with Crippen molar-refractivity contribution >= 4 is 40.6 Å². The molecule has 4 aromatic rings. The fourth-order valence-corrected chi connectivity index (χ4v) is 3.77. The standard InChI is InChI=1S/C17H12ClN5OS2/c18-11-4-1-3-10(7-11)12-8-20-14(24-12)9-26-17-22-15(21-16(19)23-17)13-5-2-6-25-13/h1-8H,9H2,(H2,19,21,22,23). The molecule has 0 aliphatic rings. The zero-order valence-electron chi connectivity index (χ0n) is 13.3. The average Bonchev–Trinajstić information content (AvgIpc) is 3.32. The molecule has 0 bridgehead atoms. The minimum atomic E-state index is 0.193. The van der Waals surface area contributed by atoms with E-state index in [-0.39, 0.29) is 5.95 Å². The molecule has 6 nitrogen and oxygen atoms in total. The Balaban J connectivity index is 1.50. The van der Waals surface area contributed by atoms with Crippen molar-refractivity contribution in [3.8, 4) is 22.0 Å². The number of nitrogens with zero attached hydrogens (tertiary/aromatic N) is 4. The second kappa shape index (κ2) is 7.45. The number of nitrogens with two attached hydrogens (primary N) is 1. The summed E-state index contributed by atoms with van der Waals surface area (Å²) in [5.74, 6) is 2.48. The van der Waals surface area contributed by atoms with Gasteiger partial charge in [0.2, 0.25) is 11.8 Å². The second-order valence-corrected chi connectivity index (χ2v) is 7.52. The van der Waals surface area contributed by atoms with Crippen LogP contribution < -0.4 is 5.73 Å². The summed E-state index contributed by atoms with van der Waals surface area (Å²) in [6.07, 6.45) is 1.68. The van der Waals surface area contributed by atoms with Gasteiger partial charge in [0, 0.05) is 10.6 Å². The van der Waals surface area contributed by atoms with Gasteiger partial charge in [0.25, 0.3) is 0 Å². The molecule has 1 aromatic carbocycles. The van der Waals surface area contributed by atoms with Crippen molar-refractivity contribution in [2.45, 2.75) is 10.9 Å². The summed E-state index contributed by atoms with van der Waals surface area (Å²) < 4.78 is 5.79. The van der Waals surface area contributed by atoms with Crippen LogP contribution in [0, 0.1) is 0 Å². The number of nitrogen functional groups attached to an aromatic ring is 1. The maximum atomic E-state index is 6.02. The lowest BCUT2D eigenvalue weighted by Crippen LogP contribution is -2.01. The van der Waals surface area contributed by atoms with Gasteiger partial charge in [-0.15, -0.1) is 11.3 Å². The molecule has 0 radical (unpaired) electrons. The lowest BCUT2D eigenvalue weighted by Gasteiger charge is -2.02. The van der Waals surface area contributed by atoms with Crippen molar-refractivity contribution in [2.75, 3.05) is 5.73 Å². The van der Waals surface area contributed by atoms with Crippen molar-refractivity contribution in [3.63, 3.8) is 0 Å². The van der Waals surface area contributed by atoms with Gasteiger partial charge in [0.1, 0.15) is 0 Å². The number of thiophene rings is 1. The third kappa shape index (κ3) is 3.87. The number of halogens is 1. The summed E-state index contributed by atoms with van der Waals surface area (Å²) in [5.41, 5.74) is 6.69.